The first-order chi connectivity index (χ1) is 14.1. The quantitative estimate of drug-likeness (QED) is 0.642. The second-order valence-electron chi connectivity index (χ2n) is 6.86. The van der Waals surface area contributed by atoms with Crippen molar-refractivity contribution in [2.24, 2.45) is 5.92 Å². The van der Waals surface area contributed by atoms with E-state index in [1.54, 1.807) is 26.8 Å². The summed E-state index contributed by atoms with van der Waals surface area (Å²) in [5.41, 5.74) is 1.02. The molecule has 2 aromatic carbocycles. The zero-order valence-electron chi connectivity index (χ0n) is 17.3. The standard InChI is InChI=1S/C21H25FN2O5S/c1-5-24(13-15(3)21(26)29-4)20(25)19-12-18(11-6-14(19)2)30(27,28)23-17-9-7-16(22)8-10-17/h6-12,15,23H,5,13H2,1-4H3. The maximum atomic E-state index is 13.1. The normalized spacial score (nSPS) is 12.2. The average molecular weight is 437 g/mol. The Morgan fingerprint density at radius 3 is 2.37 bits per heavy atom. The summed E-state index contributed by atoms with van der Waals surface area (Å²) in [6.45, 7) is 5.61. The second kappa shape index (κ2) is 9.71. The molecular formula is C21H25FN2O5S. The highest BCUT2D eigenvalue weighted by Gasteiger charge is 2.24. The third-order valence-corrected chi connectivity index (χ3v) is 5.99. The number of hydrogen-bond donors (Lipinski definition) is 1. The molecule has 0 saturated carbocycles. The molecule has 162 valence electrons. The van der Waals surface area contributed by atoms with Gasteiger partial charge in [0.25, 0.3) is 15.9 Å². The van der Waals surface area contributed by atoms with Crippen LogP contribution in [-0.4, -0.2) is 45.4 Å². The predicted molar refractivity (Wildman–Crippen MR) is 111 cm³/mol. The number of esters is 1. The van der Waals surface area contributed by atoms with Crippen molar-refractivity contribution in [3.05, 3.63) is 59.4 Å². The van der Waals surface area contributed by atoms with Gasteiger partial charge in [-0.2, -0.15) is 0 Å². The molecule has 1 unspecified atom stereocenters. The van der Waals surface area contributed by atoms with Gasteiger partial charge in [0.1, 0.15) is 5.82 Å². The molecule has 9 heteroatoms. The minimum atomic E-state index is -3.99. The van der Waals surface area contributed by atoms with Gasteiger partial charge in [-0.1, -0.05) is 13.0 Å². The minimum Gasteiger partial charge on any atom is -0.469 e. The average Bonchev–Trinajstić information content (AvgIpc) is 2.72. The summed E-state index contributed by atoms with van der Waals surface area (Å²) < 4.78 is 45.6. The molecule has 1 N–H and O–H groups in total. The molecule has 2 rings (SSSR count). The van der Waals surface area contributed by atoms with Gasteiger partial charge in [0, 0.05) is 24.3 Å². The van der Waals surface area contributed by atoms with Crippen LogP contribution in [0.5, 0.6) is 0 Å². The van der Waals surface area contributed by atoms with Crippen molar-refractivity contribution in [3.8, 4) is 0 Å². The largest absolute Gasteiger partial charge is 0.469 e. The van der Waals surface area contributed by atoms with Gasteiger partial charge in [0.05, 0.1) is 17.9 Å². The zero-order chi connectivity index (χ0) is 22.5. The first-order valence-corrected chi connectivity index (χ1v) is 10.8. The van der Waals surface area contributed by atoms with E-state index in [1.807, 2.05) is 0 Å². The summed E-state index contributed by atoms with van der Waals surface area (Å²) >= 11 is 0. The van der Waals surface area contributed by atoms with Crippen molar-refractivity contribution >= 4 is 27.6 Å². The number of sulfonamides is 1. The summed E-state index contributed by atoms with van der Waals surface area (Å²) in [5, 5.41) is 0. The number of methoxy groups -OCH3 is 1. The number of halogens is 1. The van der Waals surface area contributed by atoms with Gasteiger partial charge >= 0.3 is 5.97 Å². The molecule has 0 saturated heterocycles. The van der Waals surface area contributed by atoms with Crippen LogP contribution in [0, 0.1) is 18.7 Å². The van der Waals surface area contributed by atoms with Gasteiger partial charge < -0.3 is 9.64 Å². The predicted octanol–water partition coefficient (Wildman–Crippen LogP) is 3.21. The molecule has 0 aliphatic carbocycles. The smallest absolute Gasteiger partial charge is 0.310 e. The van der Waals surface area contributed by atoms with E-state index in [0.717, 1.165) is 12.1 Å². The summed E-state index contributed by atoms with van der Waals surface area (Å²) in [4.78, 5) is 26.1. The van der Waals surface area contributed by atoms with Gasteiger partial charge in [-0.25, -0.2) is 12.8 Å². The Kier molecular flexibility index (Phi) is 7.55. The number of aryl methyl sites for hydroxylation is 1. The maximum absolute atomic E-state index is 13.1. The van der Waals surface area contributed by atoms with Gasteiger partial charge in [0.2, 0.25) is 0 Å². The first-order valence-electron chi connectivity index (χ1n) is 9.35. The van der Waals surface area contributed by atoms with E-state index in [-0.39, 0.29) is 28.6 Å². The Bertz CT molecular complexity index is 1020. The van der Waals surface area contributed by atoms with Crippen molar-refractivity contribution < 1.29 is 27.1 Å². The SMILES string of the molecule is CCN(CC(C)C(=O)OC)C(=O)c1cc(S(=O)(=O)Nc2ccc(F)cc2)ccc1C. The summed E-state index contributed by atoms with van der Waals surface area (Å²) in [6, 6.07) is 9.14. The number of anilines is 1. The highest BCUT2D eigenvalue weighted by molar-refractivity contribution is 7.92. The van der Waals surface area contributed by atoms with Crippen LogP contribution in [0.15, 0.2) is 47.4 Å². The summed E-state index contributed by atoms with van der Waals surface area (Å²) in [5.74, 6) is -1.82. The van der Waals surface area contributed by atoms with E-state index < -0.39 is 27.7 Å². The molecular weight excluding hydrogens is 411 g/mol. The lowest BCUT2D eigenvalue weighted by atomic mass is 10.1. The van der Waals surface area contributed by atoms with Crippen molar-refractivity contribution in [1.82, 2.24) is 4.90 Å². The Balaban J connectivity index is 2.31. The monoisotopic (exact) mass is 436 g/mol. The van der Waals surface area contributed by atoms with Crippen molar-refractivity contribution in [2.75, 3.05) is 24.9 Å². The highest BCUT2D eigenvalue weighted by Crippen LogP contribution is 2.21. The van der Waals surface area contributed by atoms with E-state index in [9.17, 15) is 22.4 Å². The fourth-order valence-electron chi connectivity index (χ4n) is 2.86. The Morgan fingerprint density at radius 2 is 1.80 bits per heavy atom. The molecule has 30 heavy (non-hydrogen) atoms. The van der Waals surface area contributed by atoms with Gasteiger partial charge in [-0.15, -0.1) is 0 Å². The van der Waals surface area contributed by atoms with Crippen LogP contribution >= 0.6 is 0 Å². The van der Waals surface area contributed by atoms with Crippen LogP contribution < -0.4 is 4.72 Å². The van der Waals surface area contributed by atoms with Crippen molar-refractivity contribution in [1.29, 1.82) is 0 Å². The molecule has 0 radical (unpaired) electrons. The molecule has 0 aromatic heterocycles. The number of ether oxygens (including phenoxy) is 1. The number of benzene rings is 2. The van der Waals surface area contributed by atoms with E-state index in [4.69, 9.17) is 4.74 Å². The van der Waals surface area contributed by atoms with E-state index in [1.165, 1.54) is 36.3 Å². The van der Waals surface area contributed by atoms with Gasteiger partial charge in [0.15, 0.2) is 0 Å². The number of amides is 1. The minimum absolute atomic E-state index is 0.0992. The van der Waals surface area contributed by atoms with E-state index in [2.05, 4.69) is 4.72 Å². The van der Waals surface area contributed by atoms with Crippen LogP contribution in [0.4, 0.5) is 10.1 Å². The molecule has 0 bridgehead atoms. The lowest BCUT2D eigenvalue weighted by molar-refractivity contribution is -0.145. The number of carbonyl (C=O) groups is 2. The first kappa shape index (κ1) is 23.3. The maximum Gasteiger partial charge on any atom is 0.310 e. The third kappa shape index (κ3) is 5.56. The Morgan fingerprint density at radius 1 is 1.17 bits per heavy atom. The van der Waals surface area contributed by atoms with E-state index in [0.29, 0.717) is 12.1 Å². The van der Waals surface area contributed by atoms with Gasteiger partial charge in [-0.3, -0.25) is 14.3 Å². The fourth-order valence-corrected chi connectivity index (χ4v) is 3.95. The van der Waals surface area contributed by atoms with Crippen molar-refractivity contribution in [3.63, 3.8) is 0 Å². The Hall–Kier alpha value is -2.94. The molecule has 0 aliphatic heterocycles. The number of carbonyl (C=O) groups excluding carboxylic acids is 2. The molecule has 2 aromatic rings. The second-order valence-corrected chi connectivity index (χ2v) is 8.54. The molecule has 0 aliphatic rings. The van der Waals surface area contributed by atoms with Crippen LogP contribution in [-0.2, 0) is 19.6 Å². The van der Waals surface area contributed by atoms with Crippen LogP contribution in [0.1, 0.15) is 29.8 Å². The molecule has 0 fully saturated rings. The third-order valence-electron chi connectivity index (χ3n) is 4.61. The molecule has 7 nitrogen and oxygen atoms in total. The number of hydrogen-bond acceptors (Lipinski definition) is 5. The van der Waals surface area contributed by atoms with Crippen LogP contribution in [0.25, 0.3) is 0 Å². The number of nitrogens with zero attached hydrogens (tertiary/aromatic N) is 1. The Labute approximate surface area is 175 Å². The van der Waals surface area contributed by atoms with Crippen LogP contribution in [0.2, 0.25) is 0 Å². The molecule has 0 heterocycles. The topological polar surface area (TPSA) is 92.8 Å². The molecule has 1 atom stereocenters. The molecule has 0 spiro atoms. The van der Waals surface area contributed by atoms with Crippen LogP contribution in [0.3, 0.4) is 0 Å². The highest BCUT2D eigenvalue weighted by atomic mass is 32.2. The molecule has 1 amide bonds. The number of rotatable bonds is 8. The summed E-state index contributed by atoms with van der Waals surface area (Å²) in [6.07, 6.45) is 0. The lowest BCUT2D eigenvalue weighted by Crippen LogP contribution is -2.37. The van der Waals surface area contributed by atoms with E-state index >= 15 is 0 Å². The lowest BCUT2D eigenvalue weighted by Gasteiger charge is -2.24. The van der Waals surface area contributed by atoms with Crippen molar-refractivity contribution in [2.45, 2.75) is 25.7 Å². The van der Waals surface area contributed by atoms with Gasteiger partial charge in [-0.05, 0) is 55.8 Å². The number of nitrogens with one attached hydrogen (secondary N) is 1. The zero-order valence-corrected chi connectivity index (χ0v) is 18.1. The summed E-state index contributed by atoms with van der Waals surface area (Å²) in [7, 11) is -2.71. The fraction of sp³-hybridized carbons (Fsp3) is 0.333.